The minimum atomic E-state index is -0.0831. The van der Waals surface area contributed by atoms with Crippen molar-refractivity contribution in [3.63, 3.8) is 0 Å². The van der Waals surface area contributed by atoms with Crippen LogP contribution in [0.1, 0.15) is 116 Å². The van der Waals surface area contributed by atoms with Crippen molar-refractivity contribution in [2.45, 2.75) is 116 Å². The van der Waals surface area contributed by atoms with Crippen molar-refractivity contribution < 1.29 is 9.53 Å². The van der Waals surface area contributed by atoms with E-state index in [-0.39, 0.29) is 5.97 Å². The maximum atomic E-state index is 11.3. The highest BCUT2D eigenvalue weighted by atomic mass is 16.5. The predicted molar refractivity (Wildman–Crippen MR) is 105 cm³/mol. The molecule has 0 atom stereocenters. The largest absolute Gasteiger partial charge is 0.461 e. The van der Waals surface area contributed by atoms with Gasteiger partial charge < -0.3 is 4.74 Å². The maximum absolute atomic E-state index is 11.3. The summed E-state index contributed by atoms with van der Waals surface area (Å²) in [7, 11) is 0. The van der Waals surface area contributed by atoms with Crippen LogP contribution in [0.15, 0.2) is 12.7 Å². The molecule has 0 heterocycles. The fourth-order valence-corrected chi connectivity index (χ4v) is 3.04. The van der Waals surface area contributed by atoms with E-state index in [1.807, 2.05) is 0 Å². The van der Waals surface area contributed by atoms with Gasteiger partial charge in [-0.3, -0.25) is 4.79 Å². The first-order valence-electron chi connectivity index (χ1n) is 10.6. The van der Waals surface area contributed by atoms with Crippen LogP contribution in [-0.4, -0.2) is 12.6 Å². The number of carbonyl (C=O) groups excluding carboxylic acids is 1. The topological polar surface area (TPSA) is 26.3 Å². The molecule has 0 spiro atoms. The smallest absolute Gasteiger partial charge is 0.306 e. The molecule has 0 aromatic carbocycles. The van der Waals surface area contributed by atoms with E-state index in [1.165, 1.54) is 89.9 Å². The van der Waals surface area contributed by atoms with Crippen LogP contribution in [0.3, 0.4) is 0 Å². The molecule has 0 N–H and O–H groups in total. The third kappa shape index (κ3) is 19.3. The number of hydrogen-bond acceptors (Lipinski definition) is 2. The molecule has 0 aliphatic heterocycles. The first-order chi connectivity index (χ1) is 11.8. The number of esters is 1. The van der Waals surface area contributed by atoms with Gasteiger partial charge in [0.15, 0.2) is 0 Å². The van der Waals surface area contributed by atoms with Gasteiger partial charge in [-0.15, -0.1) is 0 Å². The lowest BCUT2D eigenvalue weighted by Crippen LogP contribution is -2.03. The van der Waals surface area contributed by atoms with Crippen LogP contribution in [0.4, 0.5) is 0 Å². The van der Waals surface area contributed by atoms with Crippen molar-refractivity contribution in [1.29, 1.82) is 0 Å². The Morgan fingerprint density at radius 2 is 1.08 bits per heavy atom. The molecule has 0 bridgehead atoms. The highest BCUT2D eigenvalue weighted by Crippen LogP contribution is 2.14. The number of rotatable bonds is 19. The van der Waals surface area contributed by atoms with E-state index >= 15 is 0 Å². The average Bonchev–Trinajstić information content (AvgIpc) is 2.59. The predicted octanol–water partition coefficient (Wildman–Crippen LogP) is 7.37. The summed E-state index contributed by atoms with van der Waals surface area (Å²) in [6.45, 7) is 6.16. The minimum absolute atomic E-state index is 0.0831. The summed E-state index contributed by atoms with van der Waals surface area (Å²) >= 11 is 0. The van der Waals surface area contributed by atoms with Gasteiger partial charge in [0.05, 0.1) is 0 Å². The first kappa shape index (κ1) is 23.2. The SMILES string of the molecule is C=CCOC(=O)CCCCCCCCCCCCCCCCCC. The molecular weight excluding hydrogens is 296 g/mol. The second kappa shape index (κ2) is 20.3. The van der Waals surface area contributed by atoms with Crippen molar-refractivity contribution in [1.82, 2.24) is 0 Å². The molecule has 0 aliphatic rings. The van der Waals surface area contributed by atoms with Gasteiger partial charge in [-0.1, -0.05) is 116 Å². The number of hydrogen-bond donors (Lipinski definition) is 0. The molecule has 142 valence electrons. The molecular formula is C22H42O2. The molecule has 0 amide bonds. The molecule has 2 nitrogen and oxygen atoms in total. The zero-order valence-electron chi connectivity index (χ0n) is 16.3. The minimum Gasteiger partial charge on any atom is -0.461 e. The van der Waals surface area contributed by atoms with Crippen LogP contribution in [0, 0.1) is 0 Å². The summed E-state index contributed by atoms with van der Waals surface area (Å²) < 4.78 is 4.96. The fraction of sp³-hybridized carbons (Fsp3) is 0.864. The summed E-state index contributed by atoms with van der Waals surface area (Å²) in [5.41, 5.74) is 0. The van der Waals surface area contributed by atoms with E-state index in [0.29, 0.717) is 13.0 Å². The lowest BCUT2D eigenvalue weighted by atomic mass is 10.0. The van der Waals surface area contributed by atoms with Gasteiger partial charge in [-0.05, 0) is 6.42 Å². The molecule has 0 aromatic heterocycles. The first-order valence-corrected chi connectivity index (χ1v) is 10.6. The Morgan fingerprint density at radius 3 is 1.46 bits per heavy atom. The summed E-state index contributed by atoms with van der Waals surface area (Å²) in [6, 6.07) is 0. The molecule has 0 unspecified atom stereocenters. The van der Waals surface area contributed by atoms with Crippen molar-refractivity contribution in [2.75, 3.05) is 6.61 Å². The van der Waals surface area contributed by atoms with Gasteiger partial charge in [-0.25, -0.2) is 0 Å². The van der Waals surface area contributed by atoms with Crippen molar-refractivity contribution in [3.8, 4) is 0 Å². The standard InChI is InChI=1S/C22H42O2/c1-3-5-6-7-8-9-10-11-12-13-14-15-16-17-18-19-20-22(23)24-21-4-2/h4H,2-3,5-21H2,1H3. The van der Waals surface area contributed by atoms with E-state index in [2.05, 4.69) is 13.5 Å². The normalized spacial score (nSPS) is 10.7. The van der Waals surface area contributed by atoms with Crippen LogP contribution < -0.4 is 0 Å². The highest BCUT2D eigenvalue weighted by Gasteiger charge is 2.00. The van der Waals surface area contributed by atoms with E-state index in [4.69, 9.17) is 4.74 Å². The van der Waals surface area contributed by atoms with Crippen molar-refractivity contribution in [2.24, 2.45) is 0 Å². The molecule has 0 saturated carbocycles. The molecule has 0 radical (unpaired) electrons. The van der Waals surface area contributed by atoms with Crippen LogP contribution in [0.5, 0.6) is 0 Å². The summed E-state index contributed by atoms with van der Waals surface area (Å²) in [6.07, 6.45) is 23.9. The highest BCUT2D eigenvalue weighted by molar-refractivity contribution is 5.69. The molecule has 2 heteroatoms. The monoisotopic (exact) mass is 338 g/mol. The average molecular weight is 339 g/mol. The quantitative estimate of drug-likeness (QED) is 0.140. The molecule has 0 saturated heterocycles. The number of ether oxygens (including phenoxy) is 1. The van der Waals surface area contributed by atoms with Gasteiger partial charge in [0.1, 0.15) is 6.61 Å². The Kier molecular flexibility index (Phi) is 19.6. The summed E-state index contributed by atoms with van der Waals surface area (Å²) in [5.74, 6) is -0.0831. The Labute approximate surface area is 151 Å². The van der Waals surface area contributed by atoms with E-state index in [0.717, 1.165) is 12.8 Å². The van der Waals surface area contributed by atoms with Gasteiger partial charge in [0.2, 0.25) is 0 Å². The van der Waals surface area contributed by atoms with Crippen molar-refractivity contribution in [3.05, 3.63) is 12.7 Å². The second-order valence-corrected chi connectivity index (χ2v) is 7.02. The second-order valence-electron chi connectivity index (χ2n) is 7.02. The Morgan fingerprint density at radius 1 is 0.708 bits per heavy atom. The molecule has 0 aromatic rings. The van der Waals surface area contributed by atoms with Crippen LogP contribution >= 0.6 is 0 Å². The molecule has 0 rings (SSSR count). The van der Waals surface area contributed by atoms with Gasteiger partial charge >= 0.3 is 5.97 Å². The van der Waals surface area contributed by atoms with Crippen molar-refractivity contribution >= 4 is 5.97 Å². The molecule has 0 aliphatic carbocycles. The number of unbranched alkanes of at least 4 members (excludes halogenated alkanes) is 15. The lowest BCUT2D eigenvalue weighted by Gasteiger charge is -2.04. The summed E-state index contributed by atoms with van der Waals surface area (Å²) in [4.78, 5) is 11.3. The summed E-state index contributed by atoms with van der Waals surface area (Å²) in [5, 5.41) is 0. The Bertz CT molecular complexity index is 273. The zero-order valence-corrected chi connectivity index (χ0v) is 16.3. The van der Waals surface area contributed by atoms with Gasteiger partial charge in [0, 0.05) is 6.42 Å². The zero-order chi connectivity index (χ0) is 17.7. The fourth-order valence-electron chi connectivity index (χ4n) is 3.04. The van der Waals surface area contributed by atoms with E-state index in [1.54, 1.807) is 6.08 Å². The lowest BCUT2D eigenvalue weighted by molar-refractivity contribution is -0.142. The van der Waals surface area contributed by atoms with Gasteiger partial charge in [-0.2, -0.15) is 0 Å². The maximum Gasteiger partial charge on any atom is 0.306 e. The van der Waals surface area contributed by atoms with E-state index in [9.17, 15) is 4.79 Å². The number of carbonyl (C=O) groups is 1. The Balaban J connectivity index is 3.05. The Hall–Kier alpha value is -0.790. The van der Waals surface area contributed by atoms with E-state index < -0.39 is 0 Å². The molecule has 24 heavy (non-hydrogen) atoms. The van der Waals surface area contributed by atoms with Crippen LogP contribution in [-0.2, 0) is 9.53 Å². The third-order valence-corrected chi connectivity index (χ3v) is 4.60. The van der Waals surface area contributed by atoms with Gasteiger partial charge in [0.25, 0.3) is 0 Å². The molecule has 0 fully saturated rings. The third-order valence-electron chi connectivity index (χ3n) is 4.60. The van der Waals surface area contributed by atoms with Crippen LogP contribution in [0.2, 0.25) is 0 Å². The van der Waals surface area contributed by atoms with Crippen LogP contribution in [0.25, 0.3) is 0 Å².